The van der Waals surface area contributed by atoms with Crippen LogP contribution in [0.3, 0.4) is 0 Å². The molecule has 1 aliphatic heterocycles. The van der Waals surface area contributed by atoms with Gasteiger partial charge in [-0.05, 0) is 29.7 Å². The number of hydrogen-bond acceptors (Lipinski definition) is 8. The number of nitrogens with zero attached hydrogens (tertiary/aromatic N) is 4. The van der Waals surface area contributed by atoms with Gasteiger partial charge in [0, 0.05) is 24.4 Å². The fraction of sp³-hybridized carbons (Fsp3) is 0.417. The average Bonchev–Trinajstić information content (AvgIpc) is 3.42. The predicted octanol–water partition coefficient (Wildman–Crippen LogP) is 3.95. The van der Waals surface area contributed by atoms with Gasteiger partial charge in [0.2, 0.25) is 12.7 Å². The van der Waals surface area contributed by atoms with Crippen LogP contribution < -0.4 is 20.1 Å². The summed E-state index contributed by atoms with van der Waals surface area (Å²) in [6.07, 6.45) is 5.03. The molecule has 2 aromatic heterocycles. The highest BCUT2D eigenvalue weighted by molar-refractivity contribution is 7.99. The molecule has 1 amide bonds. The molecule has 0 saturated carbocycles. The lowest BCUT2D eigenvalue weighted by Gasteiger charge is -2.12. The van der Waals surface area contributed by atoms with Crippen molar-refractivity contribution in [2.75, 3.05) is 25.2 Å². The van der Waals surface area contributed by atoms with Crippen molar-refractivity contribution >= 4 is 40.6 Å². The molecule has 0 unspecified atom stereocenters. The first kappa shape index (κ1) is 23.9. The third kappa shape index (κ3) is 5.99. The molecular weight excluding hydrogens is 452 g/mol. The molecule has 1 aromatic carbocycles. The van der Waals surface area contributed by atoms with Gasteiger partial charge in [-0.15, -0.1) is 0 Å². The van der Waals surface area contributed by atoms with Crippen molar-refractivity contribution in [3.05, 3.63) is 36.0 Å². The Morgan fingerprint density at radius 1 is 1.21 bits per heavy atom. The predicted molar refractivity (Wildman–Crippen MR) is 134 cm³/mol. The smallest absolute Gasteiger partial charge is 0.244 e. The first-order chi connectivity index (χ1) is 16.4. The zero-order valence-corrected chi connectivity index (χ0v) is 20.7. The first-order valence-electron chi connectivity index (χ1n) is 11.4. The fourth-order valence-corrected chi connectivity index (χ4v) is 4.04. The van der Waals surface area contributed by atoms with Gasteiger partial charge in [-0.3, -0.25) is 4.79 Å². The summed E-state index contributed by atoms with van der Waals surface area (Å²) in [6.45, 7) is 10.5. The summed E-state index contributed by atoms with van der Waals surface area (Å²) in [6, 6.07) is 5.56. The van der Waals surface area contributed by atoms with Crippen LogP contribution in [-0.2, 0) is 11.3 Å². The molecule has 0 bridgehead atoms. The summed E-state index contributed by atoms with van der Waals surface area (Å²) in [7, 11) is 0. The Hall–Kier alpha value is -3.27. The van der Waals surface area contributed by atoms with E-state index in [1.54, 1.807) is 24.0 Å². The van der Waals surface area contributed by atoms with Crippen LogP contribution in [0.15, 0.2) is 35.6 Å². The summed E-state index contributed by atoms with van der Waals surface area (Å²) < 4.78 is 12.5. The number of aromatic nitrogens is 4. The van der Waals surface area contributed by atoms with E-state index in [1.807, 2.05) is 22.9 Å². The number of rotatable bonds is 10. The van der Waals surface area contributed by atoms with E-state index in [4.69, 9.17) is 19.4 Å². The normalized spacial score (nSPS) is 12.9. The number of anilines is 1. The molecule has 0 aliphatic carbocycles. The van der Waals surface area contributed by atoms with Crippen molar-refractivity contribution in [1.29, 1.82) is 0 Å². The van der Waals surface area contributed by atoms with Crippen LogP contribution in [0.4, 0.5) is 5.82 Å². The Balaban J connectivity index is 1.40. The van der Waals surface area contributed by atoms with Crippen LogP contribution in [0, 0.1) is 5.92 Å². The van der Waals surface area contributed by atoms with Gasteiger partial charge in [0.05, 0.1) is 18.1 Å². The standard InChI is InChI=1S/C24H30N6O3S/c1-15(2)12-26-22-18-13-27-30(23(18)29-24(28-22)34-16(3)4)10-9-25-21(31)8-6-17-5-7-19-20(11-17)33-14-32-19/h5-8,11,13,15-16H,9-10,12,14H2,1-4H3,(H,25,31)(H,26,28,29)/b8-6-. The van der Waals surface area contributed by atoms with E-state index in [0.29, 0.717) is 35.2 Å². The van der Waals surface area contributed by atoms with Crippen molar-refractivity contribution in [1.82, 2.24) is 25.1 Å². The van der Waals surface area contributed by atoms with Gasteiger partial charge in [-0.25, -0.2) is 14.6 Å². The largest absolute Gasteiger partial charge is 0.454 e. The lowest BCUT2D eigenvalue weighted by molar-refractivity contribution is -0.116. The van der Waals surface area contributed by atoms with Crippen LogP contribution in [-0.4, -0.2) is 50.8 Å². The molecule has 180 valence electrons. The molecule has 4 rings (SSSR count). The van der Waals surface area contributed by atoms with Crippen molar-refractivity contribution < 1.29 is 14.3 Å². The third-order valence-electron chi connectivity index (χ3n) is 4.94. The zero-order chi connectivity index (χ0) is 24.1. The zero-order valence-electron chi connectivity index (χ0n) is 19.9. The number of carbonyl (C=O) groups is 1. The highest BCUT2D eigenvalue weighted by Gasteiger charge is 2.15. The molecule has 9 nitrogen and oxygen atoms in total. The Labute approximate surface area is 203 Å². The highest BCUT2D eigenvalue weighted by atomic mass is 32.2. The minimum atomic E-state index is -0.181. The SMILES string of the molecule is CC(C)CNc1nc(SC(C)C)nc2c1cnn2CCNC(=O)/C=C\c1ccc2c(c1)OCO2. The lowest BCUT2D eigenvalue weighted by Crippen LogP contribution is -2.25. The van der Waals surface area contributed by atoms with Gasteiger partial charge in [0.15, 0.2) is 22.3 Å². The van der Waals surface area contributed by atoms with Crippen molar-refractivity contribution in [3.63, 3.8) is 0 Å². The van der Waals surface area contributed by atoms with Crippen LogP contribution in [0.2, 0.25) is 0 Å². The van der Waals surface area contributed by atoms with Gasteiger partial charge >= 0.3 is 0 Å². The Kier molecular flexibility index (Phi) is 7.56. The van der Waals surface area contributed by atoms with Crippen molar-refractivity contribution in [2.45, 2.75) is 44.6 Å². The number of benzene rings is 1. The van der Waals surface area contributed by atoms with Crippen LogP contribution in [0.25, 0.3) is 17.1 Å². The van der Waals surface area contributed by atoms with Crippen LogP contribution in [0.5, 0.6) is 11.5 Å². The van der Waals surface area contributed by atoms with E-state index >= 15 is 0 Å². The molecule has 34 heavy (non-hydrogen) atoms. The number of ether oxygens (including phenoxy) is 2. The van der Waals surface area contributed by atoms with E-state index in [-0.39, 0.29) is 12.7 Å². The maximum atomic E-state index is 12.3. The molecule has 0 saturated heterocycles. The van der Waals surface area contributed by atoms with E-state index in [0.717, 1.165) is 34.7 Å². The number of carbonyl (C=O) groups excluding carboxylic acids is 1. The first-order valence-corrected chi connectivity index (χ1v) is 12.3. The maximum Gasteiger partial charge on any atom is 0.244 e. The molecule has 0 fully saturated rings. The maximum absolute atomic E-state index is 12.3. The molecule has 10 heteroatoms. The Bertz CT molecular complexity index is 1190. The van der Waals surface area contributed by atoms with Crippen molar-refractivity contribution in [3.8, 4) is 11.5 Å². The quantitative estimate of drug-likeness (QED) is 0.254. The molecule has 1 aliphatic rings. The van der Waals surface area contributed by atoms with E-state index < -0.39 is 0 Å². The lowest BCUT2D eigenvalue weighted by atomic mass is 10.2. The second-order valence-corrected chi connectivity index (χ2v) is 10.2. The molecular formula is C24H30N6O3S. The monoisotopic (exact) mass is 482 g/mol. The summed E-state index contributed by atoms with van der Waals surface area (Å²) in [5.41, 5.74) is 1.63. The number of hydrogen-bond donors (Lipinski definition) is 2. The number of amides is 1. The Morgan fingerprint density at radius 3 is 2.82 bits per heavy atom. The number of fused-ring (bicyclic) bond motifs is 2. The van der Waals surface area contributed by atoms with Crippen LogP contribution >= 0.6 is 11.8 Å². The fourth-order valence-electron chi connectivity index (χ4n) is 3.33. The second kappa shape index (κ2) is 10.8. The highest BCUT2D eigenvalue weighted by Crippen LogP contribution is 2.32. The number of nitrogens with one attached hydrogen (secondary N) is 2. The molecule has 2 N–H and O–H groups in total. The van der Waals surface area contributed by atoms with Gasteiger partial charge in [-0.1, -0.05) is 45.5 Å². The topological polar surface area (TPSA) is 103 Å². The molecule has 0 radical (unpaired) electrons. The molecule has 3 aromatic rings. The molecule has 3 heterocycles. The second-order valence-electron chi connectivity index (χ2n) is 8.64. The van der Waals surface area contributed by atoms with Gasteiger partial charge in [0.25, 0.3) is 0 Å². The summed E-state index contributed by atoms with van der Waals surface area (Å²) in [5.74, 6) is 2.51. The van der Waals surface area contributed by atoms with Gasteiger partial charge < -0.3 is 20.1 Å². The summed E-state index contributed by atoms with van der Waals surface area (Å²) in [4.78, 5) is 21.7. The molecule has 0 atom stereocenters. The summed E-state index contributed by atoms with van der Waals surface area (Å²) in [5, 5.41) is 12.8. The van der Waals surface area contributed by atoms with E-state index in [9.17, 15) is 4.79 Å². The average molecular weight is 483 g/mol. The van der Waals surface area contributed by atoms with Crippen molar-refractivity contribution in [2.24, 2.45) is 5.92 Å². The van der Waals surface area contributed by atoms with E-state index in [1.165, 1.54) is 6.08 Å². The Morgan fingerprint density at radius 2 is 2.03 bits per heavy atom. The van der Waals surface area contributed by atoms with Gasteiger partial charge in [-0.2, -0.15) is 5.10 Å². The van der Waals surface area contributed by atoms with Crippen LogP contribution in [0.1, 0.15) is 33.3 Å². The minimum Gasteiger partial charge on any atom is -0.454 e. The third-order valence-corrected chi connectivity index (χ3v) is 5.81. The minimum absolute atomic E-state index is 0.181. The number of thioether (sulfide) groups is 1. The summed E-state index contributed by atoms with van der Waals surface area (Å²) >= 11 is 1.62. The van der Waals surface area contributed by atoms with E-state index in [2.05, 4.69) is 43.4 Å². The molecule has 0 spiro atoms. The van der Waals surface area contributed by atoms with Gasteiger partial charge in [0.1, 0.15) is 5.82 Å².